The minimum absolute atomic E-state index is 0. The molecule has 3 nitrogen and oxygen atoms in total. The van der Waals surface area contributed by atoms with Crippen LogP contribution in [0.2, 0.25) is 0 Å². The minimum atomic E-state index is -1.03. The second-order valence-corrected chi connectivity index (χ2v) is 1.28. The number of carbonyl (C=O) groups is 1. The number of hydrogen-bond donors (Lipinski definition) is 1. The molecule has 1 rings (SSSR count). The maximum absolute atomic E-state index is 9.97. The Kier molecular flexibility index (Phi) is 8.41. The molecule has 0 amide bonds. The summed E-state index contributed by atoms with van der Waals surface area (Å²) in [5, 5.41) is 8.18. The molecule has 5 heteroatoms. The number of carboxylic acid groups (broad SMARTS) is 1. The summed E-state index contributed by atoms with van der Waals surface area (Å²) in [6.07, 6.45) is 1.32. The molecule has 0 aliphatic heterocycles. The van der Waals surface area contributed by atoms with Crippen molar-refractivity contribution in [2.75, 3.05) is 0 Å². The molecule has 1 aromatic rings. The molecule has 0 radical (unpaired) electrons. The Labute approximate surface area is 104 Å². The molecule has 0 aliphatic carbocycles. The van der Waals surface area contributed by atoms with Crippen LogP contribution in [0.5, 0.6) is 0 Å². The first-order chi connectivity index (χ1) is 3.80. The third kappa shape index (κ3) is 3.72. The Bertz CT molecular complexity index is 193. The van der Waals surface area contributed by atoms with E-state index in [2.05, 4.69) is 4.42 Å². The molecular formula is C5H6CaO3Zn. The van der Waals surface area contributed by atoms with Gasteiger partial charge in [0.2, 0.25) is 5.76 Å². The average Bonchev–Trinajstić information content (AvgIpc) is 2.12. The van der Waals surface area contributed by atoms with E-state index in [-0.39, 0.29) is 65.8 Å². The second-order valence-electron chi connectivity index (χ2n) is 1.28. The van der Waals surface area contributed by atoms with Gasteiger partial charge in [0.25, 0.3) is 0 Å². The molecule has 1 N–H and O–H groups in total. The van der Waals surface area contributed by atoms with Crippen molar-refractivity contribution in [1.29, 1.82) is 0 Å². The van der Waals surface area contributed by atoms with Crippen molar-refractivity contribution >= 4 is 43.7 Å². The van der Waals surface area contributed by atoms with Gasteiger partial charge < -0.3 is 12.4 Å². The normalized spacial score (nSPS) is 7.20. The first-order valence-corrected chi connectivity index (χ1v) is 2.07. The van der Waals surface area contributed by atoms with Crippen molar-refractivity contribution in [1.82, 2.24) is 0 Å². The van der Waals surface area contributed by atoms with Crippen molar-refractivity contribution in [2.45, 2.75) is 0 Å². The number of rotatable bonds is 1. The van der Waals surface area contributed by atoms with Gasteiger partial charge in [-0.3, -0.25) is 0 Å². The van der Waals surface area contributed by atoms with Crippen molar-refractivity contribution in [3.8, 4) is 0 Å². The van der Waals surface area contributed by atoms with Crippen LogP contribution in [0.1, 0.15) is 13.4 Å². The predicted molar refractivity (Wildman–Crippen MR) is 33.6 cm³/mol. The van der Waals surface area contributed by atoms with Crippen LogP contribution >= 0.6 is 0 Å². The summed E-state index contributed by atoms with van der Waals surface area (Å²) in [5.41, 5.74) is 0. The molecule has 0 unspecified atom stereocenters. The van der Waals surface area contributed by atoms with Gasteiger partial charge in [-0.05, 0) is 12.1 Å². The Morgan fingerprint density at radius 1 is 1.70 bits per heavy atom. The summed E-state index contributed by atoms with van der Waals surface area (Å²) >= 11 is 0. The Balaban J connectivity index is -0.0000000800. The molecule has 0 spiro atoms. The third-order valence-electron chi connectivity index (χ3n) is 0.732. The quantitative estimate of drug-likeness (QED) is 0.712. The maximum Gasteiger partial charge on any atom is 2.00 e. The van der Waals surface area contributed by atoms with Crippen LogP contribution < -0.4 is 0 Å². The van der Waals surface area contributed by atoms with Crippen molar-refractivity contribution in [2.24, 2.45) is 0 Å². The van der Waals surface area contributed by atoms with E-state index in [4.69, 9.17) is 5.11 Å². The van der Waals surface area contributed by atoms with Crippen molar-refractivity contribution < 1.29 is 36.6 Å². The topological polar surface area (TPSA) is 50.4 Å². The van der Waals surface area contributed by atoms with Gasteiger partial charge in [0.15, 0.2) is 0 Å². The van der Waals surface area contributed by atoms with Gasteiger partial charge in [-0.15, -0.1) is 0 Å². The van der Waals surface area contributed by atoms with Gasteiger partial charge in [0.05, 0.1) is 6.26 Å². The van der Waals surface area contributed by atoms with Gasteiger partial charge >= 0.3 is 43.7 Å². The monoisotopic (exact) mass is 218 g/mol. The number of aromatic carboxylic acids is 1. The predicted octanol–water partition coefficient (Wildman–Crippen LogP) is 0.819. The summed E-state index contributed by atoms with van der Waals surface area (Å²) in [5.74, 6) is -1.06. The summed E-state index contributed by atoms with van der Waals surface area (Å²) < 4.78 is 4.50. The molecular weight excluding hydrogens is 214 g/mol. The number of hydrogen-bond acceptors (Lipinski definition) is 2. The zero-order valence-corrected chi connectivity index (χ0v) is 10.6. The van der Waals surface area contributed by atoms with Gasteiger partial charge in [0, 0.05) is 19.5 Å². The van der Waals surface area contributed by atoms with Crippen molar-refractivity contribution in [3.63, 3.8) is 0 Å². The summed E-state index contributed by atoms with van der Waals surface area (Å²) in [7, 11) is 0. The second kappa shape index (κ2) is 6.35. The van der Waals surface area contributed by atoms with E-state index in [9.17, 15) is 4.79 Å². The maximum atomic E-state index is 9.97. The Morgan fingerprint density at radius 3 is 2.50 bits per heavy atom. The summed E-state index contributed by atoms with van der Waals surface area (Å²) in [6.45, 7) is 0. The third-order valence-corrected chi connectivity index (χ3v) is 0.732. The molecule has 0 saturated heterocycles. The fourth-order valence-corrected chi connectivity index (χ4v) is 0.400. The molecule has 0 fully saturated rings. The molecule has 0 atom stereocenters. The van der Waals surface area contributed by atoms with Crippen LogP contribution in [-0.2, 0) is 19.5 Å². The first-order valence-electron chi connectivity index (χ1n) is 2.07. The fraction of sp³-hybridized carbons (Fsp3) is 0. The van der Waals surface area contributed by atoms with Crippen LogP contribution in [0.3, 0.4) is 0 Å². The molecule has 1 heterocycles. The van der Waals surface area contributed by atoms with Crippen LogP contribution in [0.4, 0.5) is 0 Å². The summed E-state index contributed by atoms with van der Waals surface area (Å²) in [4.78, 5) is 9.97. The van der Waals surface area contributed by atoms with Crippen molar-refractivity contribution in [3.05, 3.63) is 24.2 Å². The zero-order valence-electron chi connectivity index (χ0n) is 7.41. The van der Waals surface area contributed by atoms with E-state index < -0.39 is 5.97 Å². The molecule has 48 valence electrons. The van der Waals surface area contributed by atoms with Gasteiger partial charge in [-0.25, -0.2) is 4.79 Å². The van der Waals surface area contributed by atoms with E-state index in [1.807, 2.05) is 0 Å². The average molecular weight is 220 g/mol. The SMILES string of the molecule is O=C(O)c1ccco1.[Ca+2].[H-].[H-].[Zn]. The Morgan fingerprint density at radius 2 is 2.30 bits per heavy atom. The van der Waals surface area contributed by atoms with Gasteiger partial charge in [-0.2, -0.15) is 0 Å². The van der Waals surface area contributed by atoms with Gasteiger partial charge in [0.1, 0.15) is 0 Å². The zero-order chi connectivity index (χ0) is 5.98. The molecule has 1 aromatic heterocycles. The van der Waals surface area contributed by atoms with Crippen LogP contribution in [0.25, 0.3) is 0 Å². The summed E-state index contributed by atoms with van der Waals surface area (Å²) in [6, 6.07) is 2.92. The smallest absolute Gasteiger partial charge is 1.00 e. The first kappa shape index (κ1) is 13.2. The van der Waals surface area contributed by atoms with Gasteiger partial charge in [-0.1, -0.05) is 0 Å². The van der Waals surface area contributed by atoms with E-state index in [0.29, 0.717) is 0 Å². The van der Waals surface area contributed by atoms with Crippen LogP contribution in [0, 0.1) is 0 Å². The standard InChI is InChI=1S/C5H4O3.Ca.Zn.2H/c6-5(7)4-2-1-3-8-4;;;;/h1-3H,(H,6,7);;;;/q;+2;;2*-1. The van der Waals surface area contributed by atoms with E-state index in [1.165, 1.54) is 18.4 Å². The molecule has 10 heavy (non-hydrogen) atoms. The van der Waals surface area contributed by atoms with E-state index in [1.54, 1.807) is 0 Å². The fourth-order valence-electron chi connectivity index (χ4n) is 0.400. The number of carboxylic acids is 1. The largest absolute Gasteiger partial charge is 2.00 e. The minimum Gasteiger partial charge on any atom is -1.00 e. The Hall–Kier alpha value is 0.633. The van der Waals surface area contributed by atoms with E-state index in [0.717, 1.165) is 0 Å². The molecule has 0 aliphatic rings. The van der Waals surface area contributed by atoms with E-state index >= 15 is 0 Å². The molecule has 0 bridgehead atoms. The molecule has 0 saturated carbocycles. The van der Waals surface area contributed by atoms with Crippen LogP contribution in [0.15, 0.2) is 22.8 Å². The number of furan rings is 1. The molecule has 0 aromatic carbocycles. The van der Waals surface area contributed by atoms with Crippen LogP contribution in [-0.4, -0.2) is 48.8 Å².